The molecule has 2 heterocycles. The lowest BCUT2D eigenvalue weighted by molar-refractivity contribution is 1.61. The molecule has 44 valence electrons. The minimum atomic E-state index is 1.27. The molecule has 0 fully saturated rings. The van der Waals surface area contributed by atoms with Crippen LogP contribution in [0.5, 0.6) is 0 Å². The molecule has 2 radical (unpaired) electrons. The molecule has 9 heavy (non-hydrogen) atoms. The molecule has 2 aromatic heterocycles. The van der Waals surface area contributed by atoms with Crippen molar-refractivity contribution in [2.45, 2.75) is 6.92 Å². The topological polar surface area (TPSA) is 0 Å². The summed E-state index contributed by atoms with van der Waals surface area (Å²) < 4.78 is 2.66. The molecule has 0 saturated heterocycles. The van der Waals surface area contributed by atoms with Gasteiger partial charge >= 0.3 is 0 Å². The van der Waals surface area contributed by atoms with Crippen molar-refractivity contribution in [3.63, 3.8) is 0 Å². The fraction of sp³-hybridized carbons (Fsp3) is 0.143. The summed E-state index contributed by atoms with van der Waals surface area (Å²) in [4.78, 5) is 0. The second-order valence-corrected chi connectivity index (χ2v) is 3.58. The Hall–Kier alpha value is -0.340. The van der Waals surface area contributed by atoms with E-state index in [0.717, 1.165) is 0 Å². The van der Waals surface area contributed by atoms with Gasteiger partial charge in [0.25, 0.3) is 0 Å². The lowest BCUT2D eigenvalue weighted by Crippen LogP contribution is -1.53. The van der Waals surface area contributed by atoms with Crippen LogP contribution in [0.25, 0.3) is 9.40 Å². The molecule has 0 saturated carbocycles. The smallest absolute Gasteiger partial charge is 0.0496 e. The van der Waals surface area contributed by atoms with Crippen molar-refractivity contribution in [2.75, 3.05) is 0 Å². The zero-order valence-electron chi connectivity index (χ0n) is 4.89. The van der Waals surface area contributed by atoms with Crippen LogP contribution in [0.1, 0.15) is 5.56 Å². The summed E-state index contributed by atoms with van der Waals surface area (Å²) >= 11 is 3.35. The first-order valence-electron chi connectivity index (χ1n) is 2.64. The Bertz CT molecular complexity index is 316. The number of aryl methyl sites for hydroxylation is 1. The fourth-order valence-corrected chi connectivity index (χ4v) is 2.55. The van der Waals surface area contributed by atoms with Gasteiger partial charge in [-0.25, -0.2) is 0 Å². The Labute approximate surface area is 61.8 Å². The number of hydrogen-bond acceptors (Lipinski definition) is 2. The van der Waals surface area contributed by atoms with Crippen molar-refractivity contribution in [1.29, 1.82) is 0 Å². The standard InChI is InChI=1S/C7H4S2/c1-5-4-9-6-2-3-8-7(5)6/h2H,1H3. The highest BCUT2D eigenvalue weighted by Gasteiger charge is 1.99. The van der Waals surface area contributed by atoms with Gasteiger partial charge in [0.05, 0.1) is 0 Å². The van der Waals surface area contributed by atoms with Gasteiger partial charge in [-0.1, -0.05) is 0 Å². The van der Waals surface area contributed by atoms with Crippen molar-refractivity contribution >= 4 is 32.1 Å². The zero-order valence-corrected chi connectivity index (χ0v) is 6.53. The van der Waals surface area contributed by atoms with Crippen molar-refractivity contribution in [2.24, 2.45) is 0 Å². The van der Waals surface area contributed by atoms with Crippen LogP contribution in [-0.2, 0) is 0 Å². The quantitative estimate of drug-likeness (QED) is 0.544. The van der Waals surface area contributed by atoms with Crippen LogP contribution in [0.3, 0.4) is 0 Å². The van der Waals surface area contributed by atoms with Gasteiger partial charge in [-0.05, 0) is 18.6 Å². The first-order chi connectivity index (χ1) is 4.38. The average Bonchev–Trinajstić information content (AvgIpc) is 2.35. The van der Waals surface area contributed by atoms with Gasteiger partial charge < -0.3 is 0 Å². The molecule has 0 bridgehead atoms. The van der Waals surface area contributed by atoms with E-state index in [1.54, 1.807) is 22.7 Å². The van der Waals surface area contributed by atoms with Crippen LogP contribution < -0.4 is 0 Å². The summed E-state index contributed by atoms with van der Waals surface area (Å²) in [6.07, 6.45) is 0. The number of thiophene rings is 2. The van der Waals surface area contributed by atoms with Gasteiger partial charge in [0.1, 0.15) is 0 Å². The van der Waals surface area contributed by atoms with Crippen LogP contribution in [0.4, 0.5) is 0 Å². The molecule has 0 atom stereocenters. The molecule has 2 aromatic rings. The van der Waals surface area contributed by atoms with Crippen LogP contribution in [0, 0.1) is 17.7 Å². The molecule has 0 amide bonds. The van der Waals surface area contributed by atoms with Gasteiger partial charge in [-0.3, -0.25) is 0 Å². The van der Waals surface area contributed by atoms with E-state index in [9.17, 15) is 0 Å². The van der Waals surface area contributed by atoms with Gasteiger partial charge in [0.15, 0.2) is 0 Å². The second-order valence-electron chi connectivity index (χ2n) is 1.89. The highest BCUT2D eigenvalue weighted by Crippen LogP contribution is 2.28. The maximum Gasteiger partial charge on any atom is 0.0496 e. The normalized spacial score (nSPS) is 10.8. The van der Waals surface area contributed by atoms with E-state index in [2.05, 4.69) is 17.7 Å². The SMILES string of the molecule is Cc1[c]sc2c[c]sc12. The Balaban J connectivity index is 2.99. The van der Waals surface area contributed by atoms with Gasteiger partial charge in [-0.15, -0.1) is 22.7 Å². The first-order valence-corrected chi connectivity index (χ1v) is 4.28. The molecule has 0 nitrogen and oxygen atoms in total. The van der Waals surface area contributed by atoms with Crippen molar-refractivity contribution in [1.82, 2.24) is 0 Å². The summed E-state index contributed by atoms with van der Waals surface area (Å²) in [6, 6.07) is 2.02. The Kier molecular flexibility index (Phi) is 1.10. The van der Waals surface area contributed by atoms with E-state index in [0.29, 0.717) is 0 Å². The summed E-state index contributed by atoms with van der Waals surface area (Å²) in [5.41, 5.74) is 1.27. The molecule has 2 rings (SSSR count). The first kappa shape index (κ1) is 5.45. The predicted octanol–water partition coefficient (Wildman–Crippen LogP) is 2.87. The van der Waals surface area contributed by atoms with Crippen molar-refractivity contribution < 1.29 is 0 Å². The van der Waals surface area contributed by atoms with E-state index in [4.69, 9.17) is 0 Å². The highest BCUT2D eigenvalue weighted by atomic mass is 32.1. The Morgan fingerprint density at radius 3 is 3.11 bits per heavy atom. The second kappa shape index (κ2) is 1.82. The monoisotopic (exact) mass is 152 g/mol. The number of fused-ring (bicyclic) bond motifs is 1. The number of hydrogen-bond donors (Lipinski definition) is 0. The summed E-state index contributed by atoms with van der Waals surface area (Å²) in [5.74, 6) is 0. The third kappa shape index (κ3) is 0.705. The molecule has 0 unspecified atom stereocenters. The van der Waals surface area contributed by atoms with Crippen molar-refractivity contribution in [3.8, 4) is 0 Å². The maximum absolute atomic E-state index is 3.19. The predicted molar refractivity (Wildman–Crippen MR) is 42.1 cm³/mol. The molecular formula is C7H4S2. The van der Waals surface area contributed by atoms with E-state index in [1.165, 1.54) is 15.0 Å². The molecular weight excluding hydrogens is 148 g/mol. The third-order valence-electron chi connectivity index (χ3n) is 1.23. The van der Waals surface area contributed by atoms with Crippen molar-refractivity contribution in [3.05, 3.63) is 22.4 Å². The van der Waals surface area contributed by atoms with Gasteiger partial charge in [-0.2, -0.15) is 0 Å². The lowest BCUT2D eigenvalue weighted by Gasteiger charge is -1.74. The zero-order chi connectivity index (χ0) is 6.27. The summed E-state index contributed by atoms with van der Waals surface area (Å²) in [6.45, 7) is 2.09. The Morgan fingerprint density at radius 2 is 2.33 bits per heavy atom. The molecule has 2 heteroatoms. The van der Waals surface area contributed by atoms with E-state index < -0.39 is 0 Å². The van der Waals surface area contributed by atoms with Crippen LogP contribution in [0.2, 0.25) is 0 Å². The minimum Gasteiger partial charge on any atom is -0.133 e. The van der Waals surface area contributed by atoms with Gasteiger partial charge in [0.2, 0.25) is 0 Å². The molecule has 0 aromatic carbocycles. The third-order valence-corrected chi connectivity index (χ3v) is 3.27. The molecule has 0 spiro atoms. The van der Waals surface area contributed by atoms with E-state index >= 15 is 0 Å². The van der Waals surface area contributed by atoms with Gasteiger partial charge in [0, 0.05) is 20.2 Å². The highest BCUT2D eigenvalue weighted by molar-refractivity contribution is 7.25. The average molecular weight is 152 g/mol. The molecule has 0 aliphatic carbocycles. The molecule has 0 aliphatic heterocycles. The summed E-state index contributed by atoms with van der Waals surface area (Å²) in [5, 5.41) is 6.28. The largest absolute Gasteiger partial charge is 0.133 e. The Morgan fingerprint density at radius 1 is 1.44 bits per heavy atom. The van der Waals surface area contributed by atoms with E-state index in [1.807, 2.05) is 6.07 Å². The lowest BCUT2D eigenvalue weighted by atomic mass is 10.4. The molecule has 0 N–H and O–H groups in total. The molecule has 0 aliphatic rings. The fourth-order valence-electron chi connectivity index (χ4n) is 0.773. The maximum atomic E-state index is 3.19. The van der Waals surface area contributed by atoms with Crippen LogP contribution >= 0.6 is 22.7 Å². The van der Waals surface area contributed by atoms with E-state index in [-0.39, 0.29) is 0 Å². The van der Waals surface area contributed by atoms with Crippen LogP contribution in [-0.4, -0.2) is 0 Å². The number of rotatable bonds is 0. The summed E-state index contributed by atoms with van der Waals surface area (Å²) in [7, 11) is 0. The van der Waals surface area contributed by atoms with Crippen LogP contribution in [0.15, 0.2) is 6.07 Å². The minimum absolute atomic E-state index is 1.27.